The lowest BCUT2D eigenvalue weighted by Crippen LogP contribution is -2.70. The zero-order chi connectivity index (χ0) is 38.3. The summed E-state index contributed by atoms with van der Waals surface area (Å²) in [5, 5.41) is 139. The molecule has 298 valence electrons. The molecule has 0 aromatic heterocycles. The number of hydrogen-bond donors (Lipinski definition) is 15. The van der Waals surface area contributed by atoms with Crippen LogP contribution in [-0.2, 0) is 38.0 Å². The molecule has 19 atom stereocenters. The van der Waals surface area contributed by atoms with Crippen molar-refractivity contribution >= 4 is 11.8 Å². The molecule has 0 unspecified atom stereocenters. The van der Waals surface area contributed by atoms with Crippen LogP contribution in [0, 0.1) is 0 Å². The zero-order valence-electron chi connectivity index (χ0n) is 27.6. The molecule has 3 saturated heterocycles. The van der Waals surface area contributed by atoms with Crippen molar-refractivity contribution in [2.45, 2.75) is 130 Å². The van der Waals surface area contributed by atoms with Gasteiger partial charge in [-0.2, -0.15) is 0 Å². The topological polar surface area (TPSA) is 377 Å². The molecule has 3 aliphatic heterocycles. The summed E-state index contributed by atoms with van der Waals surface area (Å²) in [6, 6.07) is -3.12. The molecule has 3 rings (SSSR count). The second kappa shape index (κ2) is 19.5. The number of amides is 2. The van der Waals surface area contributed by atoms with Crippen molar-refractivity contribution in [3.05, 3.63) is 0 Å². The van der Waals surface area contributed by atoms with E-state index in [9.17, 15) is 76.0 Å². The van der Waals surface area contributed by atoms with Gasteiger partial charge in [-0.15, -0.1) is 0 Å². The molecule has 23 nitrogen and oxygen atoms in total. The van der Waals surface area contributed by atoms with Gasteiger partial charge in [0, 0.05) is 13.8 Å². The van der Waals surface area contributed by atoms with E-state index in [1.54, 1.807) is 0 Å². The van der Waals surface area contributed by atoms with Crippen molar-refractivity contribution in [1.29, 1.82) is 0 Å². The van der Waals surface area contributed by atoms with E-state index in [2.05, 4.69) is 10.6 Å². The maximum absolute atomic E-state index is 12.3. The third-order valence-electron chi connectivity index (χ3n) is 8.67. The van der Waals surface area contributed by atoms with Gasteiger partial charge in [-0.3, -0.25) is 9.59 Å². The first-order chi connectivity index (χ1) is 24.0. The molecular formula is C28H50N2O21. The van der Waals surface area contributed by atoms with Crippen molar-refractivity contribution < 1.29 is 104 Å². The highest BCUT2D eigenvalue weighted by molar-refractivity contribution is 5.73. The predicted octanol–water partition coefficient (Wildman–Crippen LogP) is -9.83. The minimum atomic E-state index is -2.12. The maximum atomic E-state index is 12.3. The van der Waals surface area contributed by atoms with Crippen LogP contribution in [0.2, 0.25) is 0 Å². The van der Waals surface area contributed by atoms with Crippen LogP contribution < -0.4 is 10.6 Å². The second-order valence-corrected chi connectivity index (χ2v) is 12.4. The van der Waals surface area contributed by atoms with E-state index in [0.29, 0.717) is 0 Å². The molecule has 0 bridgehead atoms. The van der Waals surface area contributed by atoms with Gasteiger partial charge in [0.15, 0.2) is 18.9 Å². The highest BCUT2D eigenvalue weighted by atomic mass is 16.7. The van der Waals surface area contributed by atoms with Crippen LogP contribution in [0.25, 0.3) is 0 Å². The quantitative estimate of drug-likeness (QED) is 0.0696. The van der Waals surface area contributed by atoms with Gasteiger partial charge in [0.2, 0.25) is 11.8 Å². The van der Waals surface area contributed by atoms with E-state index in [-0.39, 0.29) is 0 Å². The summed E-state index contributed by atoms with van der Waals surface area (Å²) in [5.74, 6) is -1.51. The van der Waals surface area contributed by atoms with Gasteiger partial charge < -0.3 is 105 Å². The standard InChI is InChI=1S/C28H50N2O21/c1-8(36)29-10(3-31)23(16(39)11(38)4-32)49-28-22(45)25(19(42)14(7-35)48-28)51-26-15(30-9(2)37)24(18(41)13(6-34)46-26)50-27-21(44)20(43)17(40)12(5-33)47-27/h10-28,31-35,38-45H,3-7H2,1-2H3,(H,29,36)(H,30,37)/t10-,11+,12+,13+,14+,15+,16-,17-,18+,19-,20-,21+,22+,23-,24+,25-,26-,27-,28-/m0/s1. The Morgan fingerprint density at radius 1 is 0.627 bits per heavy atom. The van der Waals surface area contributed by atoms with Crippen LogP contribution in [0.3, 0.4) is 0 Å². The number of ether oxygens (including phenoxy) is 6. The molecule has 3 aliphatic rings. The van der Waals surface area contributed by atoms with Gasteiger partial charge in [-0.1, -0.05) is 0 Å². The summed E-state index contributed by atoms with van der Waals surface area (Å²) in [4.78, 5) is 24.1. The summed E-state index contributed by atoms with van der Waals surface area (Å²) in [6.07, 6.45) is -31.4. The van der Waals surface area contributed by atoms with Gasteiger partial charge in [-0.05, 0) is 0 Å². The Labute approximate surface area is 290 Å². The van der Waals surface area contributed by atoms with E-state index in [4.69, 9.17) is 28.4 Å². The Morgan fingerprint density at radius 3 is 1.65 bits per heavy atom. The van der Waals surface area contributed by atoms with Crippen LogP contribution in [0.1, 0.15) is 13.8 Å². The fraction of sp³-hybridized carbons (Fsp3) is 0.929. The molecule has 3 heterocycles. The molecule has 23 heteroatoms. The van der Waals surface area contributed by atoms with Gasteiger partial charge >= 0.3 is 0 Å². The molecule has 2 amide bonds. The molecule has 15 N–H and O–H groups in total. The molecule has 51 heavy (non-hydrogen) atoms. The number of aliphatic hydroxyl groups is 13. The minimum Gasteiger partial charge on any atom is -0.394 e. The summed E-state index contributed by atoms with van der Waals surface area (Å²) in [7, 11) is 0. The van der Waals surface area contributed by atoms with Crippen molar-refractivity contribution in [2.24, 2.45) is 0 Å². The highest BCUT2D eigenvalue weighted by Gasteiger charge is 2.55. The van der Waals surface area contributed by atoms with Crippen molar-refractivity contribution in [2.75, 3.05) is 33.0 Å². The Balaban J connectivity index is 1.97. The number of carbonyl (C=O) groups is 2. The number of aliphatic hydroxyl groups excluding tert-OH is 13. The molecule has 3 fully saturated rings. The summed E-state index contributed by atoms with van der Waals surface area (Å²) in [6.45, 7) is -2.52. The van der Waals surface area contributed by atoms with E-state index in [1.807, 2.05) is 0 Å². The fourth-order valence-corrected chi connectivity index (χ4v) is 5.94. The highest BCUT2D eigenvalue weighted by Crippen LogP contribution is 2.33. The molecule has 0 aromatic carbocycles. The third kappa shape index (κ3) is 10.2. The van der Waals surface area contributed by atoms with Crippen LogP contribution in [-0.4, -0.2) is 228 Å². The van der Waals surface area contributed by atoms with E-state index in [0.717, 1.165) is 13.8 Å². The monoisotopic (exact) mass is 750 g/mol. The van der Waals surface area contributed by atoms with Crippen LogP contribution in [0.5, 0.6) is 0 Å². The third-order valence-corrected chi connectivity index (χ3v) is 8.67. The van der Waals surface area contributed by atoms with E-state index in [1.165, 1.54) is 0 Å². The fourth-order valence-electron chi connectivity index (χ4n) is 5.94. The van der Waals surface area contributed by atoms with Gasteiger partial charge in [0.05, 0.1) is 39.1 Å². The number of carbonyl (C=O) groups excluding carboxylic acids is 2. The lowest BCUT2D eigenvalue weighted by Gasteiger charge is -2.49. The second-order valence-electron chi connectivity index (χ2n) is 12.4. The first-order valence-corrected chi connectivity index (χ1v) is 16.0. The molecule has 0 aliphatic carbocycles. The average Bonchev–Trinajstić information content (AvgIpc) is 3.10. The van der Waals surface area contributed by atoms with Gasteiger partial charge in [0.25, 0.3) is 0 Å². The summed E-state index contributed by atoms with van der Waals surface area (Å²) in [5.41, 5.74) is 0. The summed E-state index contributed by atoms with van der Waals surface area (Å²) < 4.78 is 33.8. The normalized spacial score (nSPS) is 41.3. The molecule has 0 spiro atoms. The van der Waals surface area contributed by atoms with Gasteiger partial charge in [-0.25, -0.2) is 0 Å². The van der Waals surface area contributed by atoms with E-state index >= 15 is 0 Å². The predicted molar refractivity (Wildman–Crippen MR) is 159 cm³/mol. The first-order valence-electron chi connectivity index (χ1n) is 16.0. The van der Waals surface area contributed by atoms with Crippen molar-refractivity contribution in [1.82, 2.24) is 10.6 Å². The maximum Gasteiger partial charge on any atom is 0.217 e. The number of rotatable bonds is 16. The minimum absolute atomic E-state index is 0.720. The lowest BCUT2D eigenvalue weighted by molar-refractivity contribution is -0.370. The SMILES string of the molecule is CC(=O)N[C@H]1[C@H](O[C@H]2[C@@H](O)[C@@H](CO)O[C@@H](O[C@H]([C@@H](O)[C@H](O)CO)[C@H](CO)NC(C)=O)[C@@H]2O)O[C@H](CO)[C@@H](O)[C@@H]1O[C@@H]1O[C@H](CO)[C@H](O)[C@H](O)[C@H]1O. The first kappa shape index (κ1) is 43.6. The Hall–Kier alpha value is -1.82. The average molecular weight is 751 g/mol. The molecule has 0 saturated carbocycles. The Bertz CT molecular complexity index is 1090. The molecular weight excluding hydrogens is 700 g/mol. The van der Waals surface area contributed by atoms with E-state index < -0.39 is 161 Å². The zero-order valence-corrected chi connectivity index (χ0v) is 27.6. The molecule has 0 radical (unpaired) electrons. The molecule has 0 aromatic rings. The lowest BCUT2D eigenvalue weighted by atomic mass is 9.94. The van der Waals surface area contributed by atoms with Crippen molar-refractivity contribution in [3.63, 3.8) is 0 Å². The van der Waals surface area contributed by atoms with Crippen molar-refractivity contribution in [3.8, 4) is 0 Å². The van der Waals surface area contributed by atoms with Crippen LogP contribution in [0.4, 0.5) is 0 Å². The number of nitrogens with one attached hydrogen (secondary N) is 2. The number of hydrogen-bond acceptors (Lipinski definition) is 21. The van der Waals surface area contributed by atoms with Gasteiger partial charge in [0.1, 0.15) is 91.5 Å². The Morgan fingerprint density at radius 2 is 1.14 bits per heavy atom. The Kier molecular flexibility index (Phi) is 16.7. The largest absolute Gasteiger partial charge is 0.394 e. The summed E-state index contributed by atoms with van der Waals surface area (Å²) >= 11 is 0. The van der Waals surface area contributed by atoms with Crippen LogP contribution >= 0.6 is 0 Å². The smallest absolute Gasteiger partial charge is 0.217 e. The van der Waals surface area contributed by atoms with Crippen LogP contribution in [0.15, 0.2) is 0 Å².